The molecule has 10 nitrogen and oxygen atoms in total. The van der Waals surface area contributed by atoms with Gasteiger partial charge in [-0.25, -0.2) is 9.78 Å². The molecule has 2 aromatic rings. The zero-order chi connectivity index (χ0) is 24.8. The summed E-state index contributed by atoms with van der Waals surface area (Å²) >= 11 is 1.24. The third-order valence-electron chi connectivity index (χ3n) is 6.40. The van der Waals surface area contributed by atoms with Gasteiger partial charge < -0.3 is 19.5 Å². The quantitative estimate of drug-likeness (QED) is 0.450. The first-order valence-electron chi connectivity index (χ1n) is 12.1. The molecule has 0 spiro atoms. The molecule has 0 amide bonds. The Hall–Kier alpha value is -3.26. The monoisotopic (exact) mass is 496 g/mol. The van der Waals surface area contributed by atoms with Crippen molar-refractivity contribution in [3.8, 4) is 6.07 Å². The van der Waals surface area contributed by atoms with Gasteiger partial charge in [0.2, 0.25) is 5.95 Å². The van der Waals surface area contributed by atoms with Crippen LogP contribution in [0.1, 0.15) is 48.0 Å². The smallest absolute Gasteiger partial charge is 0.350 e. The minimum Gasteiger partial charge on any atom is -0.462 e. The molecule has 0 saturated carbocycles. The summed E-state index contributed by atoms with van der Waals surface area (Å²) in [7, 11) is 1.82. The van der Waals surface area contributed by atoms with Gasteiger partial charge in [0.1, 0.15) is 16.5 Å². The molecule has 2 fully saturated rings. The maximum atomic E-state index is 12.2. The number of nitrogens with one attached hydrogen (secondary N) is 1. The van der Waals surface area contributed by atoms with E-state index in [1.807, 2.05) is 19.3 Å². The van der Waals surface area contributed by atoms with E-state index in [-0.39, 0.29) is 11.9 Å². The van der Waals surface area contributed by atoms with Crippen molar-refractivity contribution in [2.75, 3.05) is 55.0 Å². The molecular formula is C24H32N8O2S. The lowest BCUT2D eigenvalue weighted by molar-refractivity contribution is 0.0531. The predicted molar refractivity (Wildman–Crippen MR) is 138 cm³/mol. The molecule has 11 heteroatoms. The van der Waals surface area contributed by atoms with Crippen molar-refractivity contribution in [2.45, 2.75) is 39.5 Å². The van der Waals surface area contributed by atoms with Gasteiger partial charge in [0.05, 0.1) is 18.4 Å². The number of carbonyl (C=O) groups is 1. The normalized spacial score (nSPS) is 17.5. The van der Waals surface area contributed by atoms with Gasteiger partial charge in [0.25, 0.3) is 0 Å². The molecule has 2 aliphatic heterocycles. The van der Waals surface area contributed by atoms with Crippen LogP contribution >= 0.6 is 11.3 Å². The summed E-state index contributed by atoms with van der Waals surface area (Å²) in [5.41, 5.74) is 0.616. The zero-order valence-corrected chi connectivity index (χ0v) is 21.3. The van der Waals surface area contributed by atoms with Crippen molar-refractivity contribution in [3.05, 3.63) is 16.6 Å². The summed E-state index contributed by atoms with van der Waals surface area (Å²) in [6, 6.07) is 4.43. The number of hydrogen-bond acceptors (Lipinski definition) is 11. The Labute approximate surface area is 210 Å². The van der Waals surface area contributed by atoms with E-state index >= 15 is 0 Å². The fourth-order valence-electron chi connectivity index (χ4n) is 4.46. The zero-order valence-electron chi connectivity index (χ0n) is 20.5. The maximum absolute atomic E-state index is 12.2. The fraction of sp³-hybridized carbons (Fsp3) is 0.583. The van der Waals surface area contributed by atoms with Crippen molar-refractivity contribution in [1.82, 2.24) is 15.0 Å². The van der Waals surface area contributed by atoms with Gasteiger partial charge in [-0.15, -0.1) is 0 Å². The van der Waals surface area contributed by atoms with E-state index in [2.05, 4.69) is 31.2 Å². The molecule has 0 unspecified atom stereocenters. The Bertz CT molecular complexity index is 1100. The third-order valence-corrected chi connectivity index (χ3v) is 7.45. The summed E-state index contributed by atoms with van der Waals surface area (Å²) in [4.78, 5) is 35.5. The second-order valence-corrected chi connectivity index (χ2v) is 9.81. The lowest BCUT2D eigenvalue weighted by Gasteiger charge is -2.33. The number of aliphatic imine (C=N–C) groups is 1. The number of thiazole rings is 1. The molecule has 0 atom stereocenters. The molecule has 186 valence electrons. The van der Waals surface area contributed by atoms with Gasteiger partial charge in [-0.05, 0) is 45.4 Å². The first-order valence-corrected chi connectivity index (χ1v) is 12.9. The SMILES string of the molecule is CCOC(=O)c1sc(Nc2nc(N3CCC(C#N)CC3)cc(N3CCC(/C=N/C)CC3)n2)nc1C. The minimum absolute atomic E-state index is 0.101. The van der Waals surface area contributed by atoms with E-state index in [0.717, 1.165) is 63.5 Å². The summed E-state index contributed by atoms with van der Waals surface area (Å²) in [6.07, 6.45) is 5.76. The average molecular weight is 497 g/mol. The Morgan fingerprint density at radius 2 is 1.83 bits per heavy atom. The molecule has 2 aromatic heterocycles. The molecule has 1 N–H and O–H groups in total. The van der Waals surface area contributed by atoms with Gasteiger partial charge in [0, 0.05) is 51.4 Å². The Kier molecular flexibility index (Phi) is 8.13. The summed E-state index contributed by atoms with van der Waals surface area (Å²) in [6.45, 7) is 7.25. The highest BCUT2D eigenvalue weighted by Gasteiger charge is 2.24. The van der Waals surface area contributed by atoms with Crippen LogP contribution in [0.4, 0.5) is 22.7 Å². The lowest BCUT2D eigenvalue weighted by atomic mass is 9.98. The van der Waals surface area contributed by atoms with Crippen LogP contribution in [0.15, 0.2) is 11.1 Å². The van der Waals surface area contributed by atoms with Crippen molar-refractivity contribution in [2.24, 2.45) is 16.8 Å². The Morgan fingerprint density at radius 3 is 2.40 bits per heavy atom. The summed E-state index contributed by atoms with van der Waals surface area (Å²) in [5.74, 6) is 2.38. The number of carbonyl (C=O) groups excluding carboxylic acids is 1. The highest BCUT2D eigenvalue weighted by molar-refractivity contribution is 7.17. The van der Waals surface area contributed by atoms with E-state index in [9.17, 15) is 10.1 Å². The van der Waals surface area contributed by atoms with Gasteiger partial charge >= 0.3 is 5.97 Å². The number of rotatable bonds is 7. The number of aryl methyl sites for hydroxylation is 1. The number of anilines is 4. The number of nitrogens with zero attached hydrogens (tertiary/aromatic N) is 7. The Balaban J connectivity index is 1.59. The lowest BCUT2D eigenvalue weighted by Crippen LogP contribution is -2.36. The third kappa shape index (κ3) is 6.06. The molecular weight excluding hydrogens is 464 g/mol. The highest BCUT2D eigenvalue weighted by Crippen LogP contribution is 2.30. The second-order valence-electron chi connectivity index (χ2n) is 8.81. The first kappa shape index (κ1) is 24.9. The van der Waals surface area contributed by atoms with Gasteiger partial charge in [0.15, 0.2) is 5.13 Å². The standard InChI is InChI=1S/C24H32N8O2S/c1-4-34-22(33)21-16(2)27-24(35-21)30-23-28-19(31-9-5-17(14-25)6-10-31)13-20(29-23)32-11-7-18(8-12-32)15-26-3/h13,15,17-18H,4-12H2,1-3H3,(H,27,28,29,30)/b26-15+. The van der Waals surface area contributed by atoms with Crippen molar-refractivity contribution >= 4 is 46.2 Å². The van der Waals surface area contributed by atoms with Crippen LogP contribution in [0.25, 0.3) is 0 Å². The maximum Gasteiger partial charge on any atom is 0.350 e. The first-order chi connectivity index (χ1) is 17.0. The van der Waals surface area contributed by atoms with E-state index in [0.29, 0.717) is 34.2 Å². The summed E-state index contributed by atoms with van der Waals surface area (Å²) in [5, 5.41) is 13.0. The largest absolute Gasteiger partial charge is 0.462 e. The van der Waals surface area contributed by atoms with Gasteiger partial charge in [-0.1, -0.05) is 11.3 Å². The fourth-order valence-corrected chi connectivity index (χ4v) is 5.31. The average Bonchev–Trinajstić information content (AvgIpc) is 3.24. The number of piperidine rings is 2. The van der Waals surface area contributed by atoms with Crippen LogP contribution in [-0.4, -0.2) is 67.0 Å². The van der Waals surface area contributed by atoms with Gasteiger partial charge in [-0.2, -0.15) is 15.2 Å². The van der Waals surface area contributed by atoms with Crippen LogP contribution in [0.3, 0.4) is 0 Å². The van der Waals surface area contributed by atoms with Crippen LogP contribution in [0.5, 0.6) is 0 Å². The molecule has 2 saturated heterocycles. The van der Waals surface area contributed by atoms with E-state index in [4.69, 9.17) is 14.7 Å². The van der Waals surface area contributed by atoms with Crippen LogP contribution in [0, 0.1) is 30.1 Å². The topological polar surface area (TPSA) is 120 Å². The van der Waals surface area contributed by atoms with Crippen LogP contribution < -0.4 is 15.1 Å². The van der Waals surface area contributed by atoms with Crippen LogP contribution in [0.2, 0.25) is 0 Å². The Morgan fingerprint density at radius 1 is 1.20 bits per heavy atom. The molecule has 2 aliphatic rings. The predicted octanol–water partition coefficient (Wildman–Crippen LogP) is 3.82. The molecule has 0 aromatic carbocycles. The number of nitriles is 1. The van der Waals surface area contributed by atoms with E-state index < -0.39 is 0 Å². The molecule has 4 rings (SSSR count). The van der Waals surface area contributed by atoms with Gasteiger partial charge in [-0.3, -0.25) is 5.32 Å². The minimum atomic E-state index is -0.371. The summed E-state index contributed by atoms with van der Waals surface area (Å²) < 4.78 is 5.14. The van der Waals surface area contributed by atoms with Crippen molar-refractivity contribution in [1.29, 1.82) is 5.26 Å². The number of hydrogen-bond donors (Lipinski definition) is 1. The number of aromatic nitrogens is 3. The van der Waals surface area contributed by atoms with Crippen molar-refractivity contribution in [3.63, 3.8) is 0 Å². The molecule has 35 heavy (non-hydrogen) atoms. The van der Waals surface area contributed by atoms with Crippen LogP contribution in [-0.2, 0) is 4.74 Å². The molecule has 4 heterocycles. The molecule has 0 radical (unpaired) electrons. The van der Waals surface area contributed by atoms with E-state index in [1.165, 1.54) is 11.3 Å². The number of ether oxygens (including phenoxy) is 1. The second kappa shape index (κ2) is 11.4. The van der Waals surface area contributed by atoms with E-state index in [1.54, 1.807) is 13.8 Å². The molecule has 0 bridgehead atoms. The van der Waals surface area contributed by atoms with Crippen molar-refractivity contribution < 1.29 is 9.53 Å². The number of esters is 1. The highest BCUT2D eigenvalue weighted by atomic mass is 32.1. The molecule has 0 aliphatic carbocycles.